The Labute approximate surface area is 70.3 Å². The molecule has 0 atom stereocenters. The monoisotopic (exact) mass is 194 g/mol. The quantitative estimate of drug-likeness (QED) is 0.597. The van der Waals surface area contributed by atoms with Crippen LogP contribution in [0.25, 0.3) is 0 Å². The van der Waals surface area contributed by atoms with Crippen LogP contribution in [-0.2, 0) is 0 Å². The minimum Gasteiger partial charge on any atom is -0.207 e. The zero-order valence-corrected chi connectivity index (χ0v) is 5.84. The van der Waals surface area contributed by atoms with E-state index in [0.717, 1.165) is 0 Å². The molecule has 2 heteroatoms. The molecule has 1 aromatic rings. The van der Waals surface area contributed by atoms with Gasteiger partial charge in [0.25, 0.3) is 0 Å². The van der Waals surface area contributed by atoms with Gasteiger partial charge in [-0.25, -0.2) is 4.39 Å². The van der Waals surface area contributed by atoms with Crippen LogP contribution in [0.4, 0.5) is 4.39 Å². The van der Waals surface area contributed by atoms with E-state index < -0.39 is 36.4 Å². The van der Waals surface area contributed by atoms with Gasteiger partial charge < -0.3 is 0 Å². The highest BCUT2D eigenvalue weighted by atomic mass is 79.9. The molecule has 48 valence electrons. The van der Waals surface area contributed by atoms with Gasteiger partial charge in [-0.3, -0.25) is 0 Å². The first kappa shape index (κ1) is 2.35. The van der Waals surface area contributed by atoms with Crippen LogP contribution < -0.4 is 0 Å². The van der Waals surface area contributed by atoms with Crippen molar-refractivity contribution in [3.8, 4) is 0 Å². The van der Waals surface area contributed by atoms with E-state index in [1.54, 1.807) is 0 Å². The number of benzene rings is 1. The first-order valence-electron chi connectivity index (χ1n) is 5.13. The third kappa shape index (κ3) is 1.30. The van der Waals surface area contributed by atoms with Gasteiger partial charge in [-0.15, -0.1) is 0 Å². The Hall–Kier alpha value is -0.370. The molecule has 0 heterocycles. The second-order valence-corrected chi connectivity index (χ2v) is 2.17. The fourth-order valence-electron chi connectivity index (χ4n) is 0.362. The fourth-order valence-corrected chi connectivity index (χ4v) is 0.636. The largest absolute Gasteiger partial charge is 0.207 e. The third-order valence-electron chi connectivity index (χ3n) is 0.783. The van der Waals surface area contributed by atoms with E-state index in [0.29, 0.717) is 0 Å². The second-order valence-electron chi connectivity index (χ2n) is 1.38. The van der Waals surface area contributed by atoms with Gasteiger partial charge in [-0.2, -0.15) is 0 Å². The van der Waals surface area contributed by atoms with E-state index in [1.165, 1.54) is 0 Å². The van der Waals surface area contributed by atoms with E-state index in [-0.39, 0.29) is 4.47 Å². The molecule has 0 fully saturated rings. The highest BCUT2D eigenvalue weighted by molar-refractivity contribution is 9.10. The molecule has 0 aliphatic rings. The molecule has 1 aromatic carbocycles. The summed E-state index contributed by atoms with van der Waals surface area (Å²) in [5.41, 5.74) is -0.714. The molecule has 0 bridgehead atoms. The van der Waals surface area contributed by atoms with E-state index >= 15 is 0 Å². The van der Waals surface area contributed by atoms with E-state index in [1.807, 2.05) is 0 Å². The van der Waals surface area contributed by atoms with Crippen LogP contribution in [0.5, 0.6) is 0 Å². The van der Waals surface area contributed by atoms with Crippen LogP contribution in [0.1, 0.15) is 13.8 Å². The summed E-state index contributed by atoms with van der Waals surface area (Å²) in [4.78, 5) is 0. The van der Waals surface area contributed by atoms with Gasteiger partial charge >= 0.3 is 0 Å². The van der Waals surface area contributed by atoms with Crippen molar-refractivity contribution in [2.45, 2.75) is 6.85 Å². The average Bonchev–Trinajstić information content (AvgIpc) is 2.09. The SMILES string of the molecule is [2H]c1c([2H])c(F)c(C([2H])([2H])[2H])c(Br)c1[2H]. The van der Waals surface area contributed by atoms with Crippen molar-refractivity contribution in [1.29, 1.82) is 0 Å². The van der Waals surface area contributed by atoms with Crippen molar-refractivity contribution >= 4 is 15.9 Å². The maximum Gasteiger partial charge on any atom is 0.127 e. The number of hydrogen-bond acceptors (Lipinski definition) is 0. The molecule has 0 N–H and O–H groups in total. The van der Waals surface area contributed by atoms with Crippen molar-refractivity contribution in [2.75, 3.05) is 0 Å². The molecule has 0 unspecified atom stereocenters. The summed E-state index contributed by atoms with van der Waals surface area (Å²) in [6, 6.07) is -1.99. The van der Waals surface area contributed by atoms with Gasteiger partial charge in [0, 0.05) is 8.58 Å². The normalized spacial score (nSPS) is 20.7. The Morgan fingerprint density at radius 2 is 2.56 bits per heavy atom. The van der Waals surface area contributed by atoms with Gasteiger partial charge in [0.05, 0.1) is 4.11 Å². The average molecular weight is 195 g/mol. The molecule has 0 saturated carbocycles. The molecule has 0 amide bonds. The lowest BCUT2D eigenvalue weighted by atomic mass is 10.2. The Morgan fingerprint density at radius 1 is 1.78 bits per heavy atom. The highest BCUT2D eigenvalue weighted by Crippen LogP contribution is 2.17. The summed E-state index contributed by atoms with van der Waals surface area (Å²) >= 11 is 2.76. The molecule has 0 spiro atoms. The van der Waals surface area contributed by atoms with Crippen molar-refractivity contribution in [3.05, 3.63) is 34.0 Å². The van der Waals surface area contributed by atoms with Gasteiger partial charge in [0.15, 0.2) is 0 Å². The molecular weight excluding hydrogens is 183 g/mol. The van der Waals surface area contributed by atoms with Crippen LogP contribution in [0.3, 0.4) is 0 Å². The predicted octanol–water partition coefficient (Wildman–Crippen LogP) is 2.90. The van der Waals surface area contributed by atoms with Crippen LogP contribution >= 0.6 is 15.9 Å². The lowest BCUT2D eigenvalue weighted by Crippen LogP contribution is -1.80. The number of rotatable bonds is 0. The van der Waals surface area contributed by atoms with Gasteiger partial charge in [-0.05, 0) is 24.5 Å². The van der Waals surface area contributed by atoms with Crippen LogP contribution in [0, 0.1) is 12.7 Å². The summed E-state index contributed by atoms with van der Waals surface area (Å²) in [7, 11) is 0. The van der Waals surface area contributed by atoms with Crippen molar-refractivity contribution in [3.63, 3.8) is 0 Å². The standard InChI is InChI=1S/C7H6BrF/c1-5-6(8)3-2-4-7(5)9/h2-4H,1H3/i1D3,2D,3D,4D. The molecule has 0 saturated heterocycles. The second kappa shape index (κ2) is 2.48. The Kier molecular flexibility index (Phi) is 0.647. The van der Waals surface area contributed by atoms with Crippen LogP contribution in [-0.4, -0.2) is 0 Å². The third-order valence-corrected chi connectivity index (χ3v) is 1.38. The minimum atomic E-state index is -2.75. The number of halogens is 2. The molecule has 9 heavy (non-hydrogen) atoms. The molecule has 0 aliphatic carbocycles. The first-order chi connectivity index (χ1) is 6.68. The summed E-state index contributed by atoms with van der Waals surface area (Å²) in [6.07, 6.45) is 0. The molecule has 1 rings (SSSR count). The maximum atomic E-state index is 13.4. The van der Waals surface area contributed by atoms with Crippen LogP contribution in [0.15, 0.2) is 22.6 Å². The Bertz CT molecular complexity index is 384. The summed E-state index contributed by atoms with van der Waals surface area (Å²) in [5.74, 6) is -1.28. The Balaban J connectivity index is 3.68. The van der Waals surface area contributed by atoms with Gasteiger partial charge in [0.2, 0.25) is 0 Å². The Morgan fingerprint density at radius 3 is 3.22 bits per heavy atom. The number of hydrogen-bond donors (Lipinski definition) is 0. The van der Waals surface area contributed by atoms with Crippen molar-refractivity contribution in [2.24, 2.45) is 0 Å². The molecule has 0 nitrogen and oxygen atoms in total. The van der Waals surface area contributed by atoms with Gasteiger partial charge in [-0.1, -0.05) is 22.0 Å². The van der Waals surface area contributed by atoms with E-state index in [2.05, 4.69) is 15.9 Å². The van der Waals surface area contributed by atoms with Crippen LogP contribution in [0.2, 0.25) is 0 Å². The molecular formula is C7H6BrF. The summed E-state index contributed by atoms with van der Waals surface area (Å²) in [6.45, 7) is -2.75. The maximum absolute atomic E-state index is 13.4. The van der Waals surface area contributed by atoms with E-state index in [4.69, 9.17) is 8.22 Å². The topological polar surface area (TPSA) is 0 Å². The molecule has 0 aliphatic heterocycles. The summed E-state index contributed by atoms with van der Waals surface area (Å²) < 4.78 is 56.0. The first-order valence-corrected chi connectivity index (χ1v) is 2.92. The molecule has 0 radical (unpaired) electrons. The lowest BCUT2D eigenvalue weighted by molar-refractivity contribution is 0.617. The zero-order chi connectivity index (χ0) is 12.0. The molecule has 0 aromatic heterocycles. The predicted molar refractivity (Wildman–Crippen MR) is 38.8 cm³/mol. The van der Waals surface area contributed by atoms with Gasteiger partial charge in [0.1, 0.15) is 5.82 Å². The van der Waals surface area contributed by atoms with E-state index in [9.17, 15) is 4.39 Å². The van der Waals surface area contributed by atoms with Crippen molar-refractivity contribution < 1.29 is 12.6 Å². The zero-order valence-electron chi connectivity index (χ0n) is 10.3. The fraction of sp³-hybridized carbons (Fsp3) is 0.143. The van der Waals surface area contributed by atoms with Crippen molar-refractivity contribution in [1.82, 2.24) is 0 Å². The minimum absolute atomic E-state index is 0.291. The highest BCUT2D eigenvalue weighted by Gasteiger charge is 1.97. The smallest absolute Gasteiger partial charge is 0.127 e. The summed E-state index contributed by atoms with van der Waals surface area (Å²) in [5, 5.41) is 0. The lowest BCUT2D eigenvalue weighted by Gasteiger charge is -1.95.